The number of carboxylic acids is 1. The molecule has 0 aromatic heterocycles. The first-order valence-corrected chi connectivity index (χ1v) is 6.36. The molecular formula is C14H18N2O4. The van der Waals surface area contributed by atoms with E-state index in [1.807, 2.05) is 0 Å². The summed E-state index contributed by atoms with van der Waals surface area (Å²) in [6, 6.07) is 6.84. The Kier molecular flexibility index (Phi) is 6.22. The highest BCUT2D eigenvalue weighted by Crippen LogP contribution is 2.15. The molecule has 0 aliphatic heterocycles. The van der Waals surface area contributed by atoms with Crippen LogP contribution in [0.1, 0.15) is 32.6 Å². The molecule has 6 nitrogen and oxygen atoms in total. The molecule has 0 unspecified atom stereocenters. The zero-order valence-electron chi connectivity index (χ0n) is 11.3. The summed E-state index contributed by atoms with van der Waals surface area (Å²) < 4.78 is 0. The normalized spacial score (nSPS) is 9.85. The van der Waals surface area contributed by atoms with Crippen molar-refractivity contribution in [2.75, 3.05) is 10.6 Å². The van der Waals surface area contributed by atoms with E-state index in [9.17, 15) is 14.4 Å². The molecule has 108 valence electrons. The van der Waals surface area contributed by atoms with Crippen LogP contribution >= 0.6 is 0 Å². The van der Waals surface area contributed by atoms with Crippen LogP contribution in [0.2, 0.25) is 0 Å². The summed E-state index contributed by atoms with van der Waals surface area (Å²) in [6.45, 7) is 1.41. The number of unbranched alkanes of at least 4 members (excludes halogenated alkanes) is 1. The second kappa shape index (κ2) is 7.93. The lowest BCUT2D eigenvalue weighted by atomic mass is 10.2. The number of nitrogens with one attached hydrogen (secondary N) is 2. The van der Waals surface area contributed by atoms with Crippen LogP contribution in [0.3, 0.4) is 0 Å². The van der Waals surface area contributed by atoms with Gasteiger partial charge >= 0.3 is 5.97 Å². The van der Waals surface area contributed by atoms with Crippen LogP contribution in [0.25, 0.3) is 0 Å². The van der Waals surface area contributed by atoms with E-state index in [1.54, 1.807) is 24.3 Å². The number of carboxylic acid groups (broad SMARTS) is 1. The van der Waals surface area contributed by atoms with E-state index in [0.717, 1.165) is 0 Å². The standard InChI is InChI=1S/C14H18N2O4/c1-10(17)15-11-5-4-6-12(9-11)16-13(18)7-2-3-8-14(19)20/h4-6,9H,2-3,7-8H2,1H3,(H,15,17)(H,16,18)(H,19,20). The third-order valence-electron chi connectivity index (χ3n) is 2.51. The van der Waals surface area contributed by atoms with Gasteiger partial charge in [0.05, 0.1) is 0 Å². The first-order chi connectivity index (χ1) is 9.47. The molecule has 0 atom stereocenters. The molecule has 1 aromatic rings. The summed E-state index contributed by atoms with van der Waals surface area (Å²) in [5, 5.41) is 13.8. The topological polar surface area (TPSA) is 95.5 Å². The van der Waals surface area contributed by atoms with Crippen molar-refractivity contribution in [2.45, 2.75) is 32.6 Å². The van der Waals surface area contributed by atoms with Crippen molar-refractivity contribution in [3.8, 4) is 0 Å². The molecule has 0 fully saturated rings. The maximum absolute atomic E-state index is 11.6. The van der Waals surface area contributed by atoms with E-state index >= 15 is 0 Å². The number of carbonyl (C=O) groups is 3. The van der Waals surface area contributed by atoms with E-state index in [4.69, 9.17) is 5.11 Å². The van der Waals surface area contributed by atoms with E-state index in [0.29, 0.717) is 24.2 Å². The Morgan fingerprint density at radius 1 is 1.05 bits per heavy atom. The lowest BCUT2D eigenvalue weighted by Crippen LogP contribution is -2.12. The molecule has 6 heteroatoms. The molecule has 0 radical (unpaired) electrons. The lowest BCUT2D eigenvalue weighted by Gasteiger charge is -2.07. The van der Waals surface area contributed by atoms with Crippen LogP contribution in [0.15, 0.2) is 24.3 Å². The number of rotatable bonds is 7. The largest absolute Gasteiger partial charge is 0.481 e. The minimum Gasteiger partial charge on any atom is -0.481 e. The third-order valence-corrected chi connectivity index (χ3v) is 2.51. The minimum absolute atomic E-state index is 0.0747. The highest BCUT2D eigenvalue weighted by Gasteiger charge is 2.04. The summed E-state index contributed by atoms with van der Waals surface area (Å²) in [5.41, 5.74) is 1.21. The Morgan fingerprint density at radius 2 is 1.65 bits per heavy atom. The van der Waals surface area contributed by atoms with Crippen LogP contribution < -0.4 is 10.6 Å². The molecule has 0 aliphatic rings. The number of amides is 2. The van der Waals surface area contributed by atoms with E-state index in [2.05, 4.69) is 10.6 Å². The van der Waals surface area contributed by atoms with Crippen LogP contribution in [0.5, 0.6) is 0 Å². The molecule has 1 aromatic carbocycles. The molecule has 1 rings (SSSR count). The van der Waals surface area contributed by atoms with Gasteiger partial charge in [-0.25, -0.2) is 0 Å². The zero-order chi connectivity index (χ0) is 15.0. The number of hydrogen-bond donors (Lipinski definition) is 3. The molecule has 0 bridgehead atoms. The maximum atomic E-state index is 11.6. The fourth-order valence-corrected chi connectivity index (χ4v) is 1.66. The minimum atomic E-state index is -0.853. The van der Waals surface area contributed by atoms with E-state index in [-0.39, 0.29) is 24.7 Å². The second-order valence-electron chi connectivity index (χ2n) is 4.41. The molecule has 20 heavy (non-hydrogen) atoms. The smallest absolute Gasteiger partial charge is 0.303 e. The zero-order valence-corrected chi connectivity index (χ0v) is 11.3. The Hall–Kier alpha value is -2.37. The van der Waals surface area contributed by atoms with Crippen molar-refractivity contribution in [1.82, 2.24) is 0 Å². The monoisotopic (exact) mass is 278 g/mol. The molecule has 0 saturated heterocycles. The van der Waals surface area contributed by atoms with Gasteiger partial charge in [-0.1, -0.05) is 6.07 Å². The predicted octanol–water partition coefficient (Wildman–Crippen LogP) is 2.23. The number of benzene rings is 1. The quantitative estimate of drug-likeness (QED) is 0.666. The molecule has 0 heterocycles. The van der Waals surface area contributed by atoms with Crippen LogP contribution in [-0.2, 0) is 14.4 Å². The highest BCUT2D eigenvalue weighted by molar-refractivity contribution is 5.93. The Bertz CT molecular complexity index is 500. The van der Waals surface area contributed by atoms with Gasteiger partial charge in [0.2, 0.25) is 11.8 Å². The van der Waals surface area contributed by atoms with Crippen molar-refractivity contribution in [2.24, 2.45) is 0 Å². The van der Waals surface area contributed by atoms with Crippen molar-refractivity contribution in [3.63, 3.8) is 0 Å². The first-order valence-electron chi connectivity index (χ1n) is 6.36. The van der Waals surface area contributed by atoms with Gasteiger partial charge in [0, 0.05) is 31.1 Å². The van der Waals surface area contributed by atoms with Gasteiger partial charge < -0.3 is 15.7 Å². The lowest BCUT2D eigenvalue weighted by molar-refractivity contribution is -0.137. The summed E-state index contributed by atoms with van der Waals surface area (Å²) in [7, 11) is 0. The second-order valence-corrected chi connectivity index (χ2v) is 4.41. The number of anilines is 2. The van der Waals surface area contributed by atoms with Gasteiger partial charge in [0.1, 0.15) is 0 Å². The number of hydrogen-bond acceptors (Lipinski definition) is 3. The SMILES string of the molecule is CC(=O)Nc1cccc(NC(=O)CCCCC(=O)O)c1. The molecule has 0 saturated carbocycles. The predicted molar refractivity (Wildman–Crippen MR) is 75.5 cm³/mol. The summed E-state index contributed by atoms with van der Waals surface area (Å²) in [5.74, 6) is -1.20. The van der Waals surface area contributed by atoms with Crippen LogP contribution in [0, 0.1) is 0 Å². The summed E-state index contributed by atoms with van der Waals surface area (Å²) in [6.07, 6.45) is 1.36. The highest BCUT2D eigenvalue weighted by atomic mass is 16.4. The van der Waals surface area contributed by atoms with Gasteiger partial charge in [-0.05, 0) is 31.0 Å². The Labute approximate surface area is 117 Å². The number of carbonyl (C=O) groups excluding carboxylic acids is 2. The summed E-state index contributed by atoms with van der Waals surface area (Å²) >= 11 is 0. The Morgan fingerprint density at radius 3 is 2.25 bits per heavy atom. The molecule has 0 aliphatic carbocycles. The summed E-state index contributed by atoms with van der Waals surface area (Å²) in [4.78, 5) is 32.9. The van der Waals surface area contributed by atoms with Gasteiger partial charge in [-0.3, -0.25) is 14.4 Å². The van der Waals surface area contributed by atoms with Gasteiger partial charge in [0.15, 0.2) is 0 Å². The Balaban J connectivity index is 2.41. The van der Waals surface area contributed by atoms with Gasteiger partial charge in [-0.15, -0.1) is 0 Å². The molecule has 3 N–H and O–H groups in total. The third kappa shape index (κ3) is 6.53. The fourth-order valence-electron chi connectivity index (χ4n) is 1.66. The average Bonchev–Trinajstić information content (AvgIpc) is 2.34. The van der Waals surface area contributed by atoms with E-state index in [1.165, 1.54) is 6.92 Å². The van der Waals surface area contributed by atoms with E-state index < -0.39 is 5.97 Å². The van der Waals surface area contributed by atoms with Crippen molar-refractivity contribution >= 4 is 29.2 Å². The fraction of sp³-hybridized carbons (Fsp3) is 0.357. The van der Waals surface area contributed by atoms with Crippen molar-refractivity contribution in [3.05, 3.63) is 24.3 Å². The molecule has 0 spiro atoms. The molecule has 2 amide bonds. The van der Waals surface area contributed by atoms with Crippen LogP contribution in [-0.4, -0.2) is 22.9 Å². The first kappa shape index (κ1) is 15.7. The molecular weight excluding hydrogens is 260 g/mol. The average molecular weight is 278 g/mol. The maximum Gasteiger partial charge on any atom is 0.303 e. The van der Waals surface area contributed by atoms with Crippen molar-refractivity contribution in [1.29, 1.82) is 0 Å². The van der Waals surface area contributed by atoms with Crippen LogP contribution in [0.4, 0.5) is 11.4 Å². The van der Waals surface area contributed by atoms with Gasteiger partial charge in [-0.2, -0.15) is 0 Å². The van der Waals surface area contributed by atoms with Crippen molar-refractivity contribution < 1.29 is 19.5 Å². The van der Waals surface area contributed by atoms with Gasteiger partial charge in [0.25, 0.3) is 0 Å². The number of aliphatic carboxylic acids is 1.